The lowest BCUT2D eigenvalue weighted by atomic mass is 10.3. The van der Waals surface area contributed by atoms with Crippen molar-refractivity contribution in [3.8, 4) is 0 Å². The second-order valence-electron chi connectivity index (χ2n) is 5.03. The van der Waals surface area contributed by atoms with Gasteiger partial charge in [0.15, 0.2) is 9.84 Å². The summed E-state index contributed by atoms with van der Waals surface area (Å²) in [6.45, 7) is 5.65. The second kappa shape index (κ2) is 7.06. The van der Waals surface area contributed by atoms with Gasteiger partial charge < -0.3 is 10.1 Å². The van der Waals surface area contributed by atoms with Crippen molar-refractivity contribution in [2.24, 2.45) is 0 Å². The Morgan fingerprint density at radius 1 is 1.20 bits per heavy atom. The van der Waals surface area contributed by atoms with Crippen molar-refractivity contribution >= 4 is 15.5 Å². The third-order valence-corrected chi connectivity index (χ3v) is 4.49. The minimum absolute atomic E-state index is 0.358. The third kappa shape index (κ3) is 4.77. The maximum Gasteiger partial charge on any atom is 0.175 e. The van der Waals surface area contributed by atoms with Gasteiger partial charge in [-0.25, -0.2) is 8.42 Å². The van der Waals surface area contributed by atoms with Gasteiger partial charge in [-0.3, -0.25) is 4.90 Å². The van der Waals surface area contributed by atoms with Crippen LogP contribution < -0.4 is 5.32 Å². The molecule has 0 spiro atoms. The van der Waals surface area contributed by atoms with Crippen molar-refractivity contribution in [1.82, 2.24) is 4.90 Å². The summed E-state index contributed by atoms with van der Waals surface area (Å²) in [6.07, 6.45) is 2.28. The highest BCUT2D eigenvalue weighted by Gasteiger charge is 2.09. The van der Waals surface area contributed by atoms with E-state index in [0.717, 1.165) is 51.5 Å². The molecule has 112 valence electrons. The number of benzene rings is 1. The predicted octanol–water partition coefficient (Wildman–Crippen LogP) is 1.22. The first-order chi connectivity index (χ1) is 9.55. The summed E-state index contributed by atoms with van der Waals surface area (Å²) in [6, 6.07) is 6.90. The highest BCUT2D eigenvalue weighted by atomic mass is 32.2. The average Bonchev–Trinajstić information content (AvgIpc) is 2.44. The van der Waals surface area contributed by atoms with Gasteiger partial charge in [0.2, 0.25) is 0 Å². The molecule has 1 aliphatic heterocycles. The smallest absolute Gasteiger partial charge is 0.175 e. The maximum atomic E-state index is 11.3. The molecule has 1 aromatic carbocycles. The molecule has 1 aromatic rings. The quantitative estimate of drug-likeness (QED) is 0.800. The molecule has 20 heavy (non-hydrogen) atoms. The van der Waals surface area contributed by atoms with E-state index >= 15 is 0 Å². The van der Waals surface area contributed by atoms with Crippen LogP contribution in [0, 0.1) is 0 Å². The number of nitrogens with zero attached hydrogens (tertiary/aromatic N) is 1. The Labute approximate surface area is 120 Å². The van der Waals surface area contributed by atoms with Crippen LogP contribution in [0.4, 0.5) is 5.69 Å². The van der Waals surface area contributed by atoms with Gasteiger partial charge in [-0.15, -0.1) is 0 Å². The lowest BCUT2D eigenvalue weighted by Crippen LogP contribution is -2.37. The Morgan fingerprint density at radius 3 is 2.45 bits per heavy atom. The van der Waals surface area contributed by atoms with Crippen LogP contribution in [0.1, 0.15) is 6.42 Å². The largest absolute Gasteiger partial charge is 0.385 e. The molecule has 0 amide bonds. The fourth-order valence-corrected chi connectivity index (χ4v) is 2.81. The summed E-state index contributed by atoms with van der Waals surface area (Å²) in [5, 5.41) is 3.31. The Kier molecular flexibility index (Phi) is 5.39. The van der Waals surface area contributed by atoms with Gasteiger partial charge in [-0.05, 0) is 37.2 Å². The molecule has 0 saturated carbocycles. The lowest BCUT2D eigenvalue weighted by Gasteiger charge is -2.26. The molecule has 0 bridgehead atoms. The molecule has 0 atom stereocenters. The molecule has 5 nitrogen and oxygen atoms in total. The molecular weight excluding hydrogens is 276 g/mol. The Balaban J connectivity index is 1.71. The molecule has 0 radical (unpaired) electrons. The molecular formula is C14H22N2O3S. The second-order valence-corrected chi connectivity index (χ2v) is 7.05. The number of ether oxygens (including phenoxy) is 1. The first kappa shape index (κ1) is 15.3. The summed E-state index contributed by atoms with van der Waals surface area (Å²) in [5.74, 6) is 0. The molecule has 1 heterocycles. The van der Waals surface area contributed by atoms with Crippen LogP contribution in [0.15, 0.2) is 29.2 Å². The first-order valence-electron chi connectivity index (χ1n) is 6.90. The van der Waals surface area contributed by atoms with E-state index in [1.165, 1.54) is 6.26 Å². The minimum atomic E-state index is -3.11. The maximum absolute atomic E-state index is 11.3. The summed E-state index contributed by atoms with van der Waals surface area (Å²) in [4.78, 5) is 2.76. The SMILES string of the molecule is CS(=O)(=O)c1ccc(NCCCN2CCOCC2)cc1. The molecule has 1 fully saturated rings. The third-order valence-electron chi connectivity index (χ3n) is 3.37. The summed E-state index contributed by atoms with van der Waals surface area (Å²) in [5.41, 5.74) is 0.958. The van der Waals surface area contributed by atoms with Gasteiger partial charge in [0, 0.05) is 31.6 Å². The van der Waals surface area contributed by atoms with Crippen molar-refractivity contribution in [2.75, 3.05) is 51.0 Å². The van der Waals surface area contributed by atoms with Crippen LogP contribution in [0.3, 0.4) is 0 Å². The van der Waals surface area contributed by atoms with Gasteiger partial charge >= 0.3 is 0 Å². The first-order valence-corrected chi connectivity index (χ1v) is 8.79. The zero-order chi connectivity index (χ0) is 14.4. The zero-order valence-corrected chi connectivity index (χ0v) is 12.7. The standard InChI is InChI=1S/C14H22N2O3S/c1-20(17,18)14-5-3-13(4-6-14)15-7-2-8-16-9-11-19-12-10-16/h3-6,15H,2,7-12H2,1H3. The number of hydrogen-bond donors (Lipinski definition) is 1. The lowest BCUT2D eigenvalue weighted by molar-refractivity contribution is 0.0378. The van der Waals surface area contributed by atoms with Gasteiger partial charge in [0.1, 0.15) is 0 Å². The van der Waals surface area contributed by atoms with E-state index in [2.05, 4.69) is 10.2 Å². The fraction of sp³-hybridized carbons (Fsp3) is 0.571. The molecule has 1 saturated heterocycles. The van der Waals surface area contributed by atoms with Crippen LogP contribution in [0.5, 0.6) is 0 Å². The van der Waals surface area contributed by atoms with Crippen molar-refractivity contribution in [3.63, 3.8) is 0 Å². The van der Waals surface area contributed by atoms with Crippen LogP contribution in [0.25, 0.3) is 0 Å². The average molecular weight is 298 g/mol. The molecule has 6 heteroatoms. The molecule has 2 rings (SSSR count). The van der Waals surface area contributed by atoms with E-state index in [0.29, 0.717) is 4.90 Å². The number of sulfone groups is 1. The Bertz CT molecular complexity index is 508. The van der Waals surface area contributed by atoms with E-state index in [1.807, 2.05) is 12.1 Å². The van der Waals surface area contributed by atoms with Crippen molar-refractivity contribution < 1.29 is 13.2 Å². The fourth-order valence-electron chi connectivity index (χ4n) is 2.18. The summed E-state index contributed by atoms with van der Waals surface area (Å²) in [7, 11) is -3.11. The van der Waals surface area contributed by atoms with Crippen molar-refractivity contribution in [1.29, 1.82) is 0 Å². The van der Waals surface area contributed by atoms with E-state index in [4.69, 9.17) is 4.74 Å². The highest BCUT2D eigenvalue weighted by molar-refractivity contribution is 7.90. The van der Waals surface area contributed by atoms with Gasteiger partial charge in [-0.1, -0.05) is 0 Å². The van der Waals surface area contributed by atoms with E-state index in [9.17, 15) is 8.42 Å². The number of nitrogens with one attached hydrogen (secondary N) is 1. The Hall–Kier alpha value is -1.11. The number of morpholine rings is 1. The summed E-state index contributed by atoms with van der Waals surface area (Å²) < 4.78 is 28.0. The molecule has 0 aliphatic carbocycles. The van der Waals surface area contributed by atoms with E-state index < -0.39 is 9.84 Å². The van der Waals surface area contributed by atoms with Crippen LogP contribution in [0.2, 0.25) is 0 Å². The number of anilines is 1. The van der Waals surface area contributed by atoms with E-state index in [-0.39, 0.29) is 0 Å². The van der Waals surface area contributed by atoms with Gasteiger partial charge in [0.05, 0.1) is 18.1 Å². The normalized spacial score (nSPS) is 17.1. The molecule has 1 aliphatic rings. The van der Waals surface area contributed by atoms with Crippen LogP contribution >= 0.6 is 0 Å². The van der Waals surface area contributed by atoms with Crippen molar-refractivity contribution in [2.45, 2.75) is 11.3 Å². The molecule has 1 N–H and O–H groups in total. The molecule has 0 unspecified atom stereocenters. The van der Waals surface area contributed by atoms with Gasteiger partial charge in [-0.2, -0.15) is 0 Å². The zero-order valence-electron chi connectivity index (χ0n) is 11.8. The number of rotatable bonds is 6. The van der Waals surface area contributed by atoms with Crippen molar-refractivity contribution in [3.05, 3.63) is 24.3 Å². The summed E-state index contributed by atoms with van der Waals surface area (Å²) >= 11 is 0. The minimum Gasteiger partial charge on any atom is -0.385 e. The van der Waals surface area contributed by atoms with Crippen LogP contribution in [-0.2, 0) is 14.6 Å². The molecule has 0 aromatic heterocycles. The monoisotopic (exact) mass is 298 g/mol. The van der Waals surface area contributed by atoms with E-state index in [1.54, 1.807) is 12.1 Å². The predicted molar refractivity (Wildman–Crippen MR) is 79.9 cm³/mol. The van der Waals surface area contributed by atoms with Crippen LogP contribution in [-0.4, -0.2) is 59.0 Å². The number of hydrogen-bond acceptors (Lipinski definition) is 5. The highest BCUT2D eigenvalue weighted by Crippen LogP contribution is 2.13. The van der Waals surface area contributed by atoms with Gasteiger partial charge in [0.25, 0.3) is 0 Å². The topological polar surface area (TPSA) is 58.6 Å². The Morgan fingerprint density at radius 2 is 1.85 bits per heavy atom.